The van der Waals surface area contributed by atoms with Gasteiger partial charge in [-0.15, -0.1) is 0 Å². The number of rotatable bonds is 4. The van der Waals surface area contributed by atoms with Crippen molar-refractivity contribution in [3.8, 4) is 5.75 Å². The Labute approximate surface area is 121 Å². The standard InChI is InChI=1S/C18H23NO/c1-20-18-9-8-15(16-4-2-3-5-17(16)18)7-6-14-10-12-19-13-11-14/h2-5,8-9,14,19H,6-7,10-13H2,1H3. The van der Waals surface area contributed by atoms with Crippen LogP contribution in [0.3, 0.4) is 0 Å². The third kappa shape index (κ3) is 2.80. The van der Waals surface area contributed by atoms with Gasteiger partial charge in [-0.1, -0.05) is 30.3 Å². The number of ether oxygens (including phenoxy) is 1. The van der Waals surface area contributed by atoms with E-state index >= 15 is 0 Å². The number of hydrogen-bond acceptors (Lipinski definition) is 2. The Balaban J connectivity index is 1.80. The summed E-state index contributed by atoms with van der Waals surface area (Å²) in [6, 6.07) is 12.9. The molecule has 0 aliphatic carbocycles. The first-order valence-electron chi connectivity index (χ1n) is 7.64. The van der Waals surface area contributed by atoms with Gasteiger partial charge >= 0.3 is 0 Å². The fourth-order valence-electron chi connectivity index (χ4n) is 3.26. The predicted octanol–water partition coefficient (Wildman–Crippen LogP) is 3.78. The van der Waals surface area contributed by atoms with Crippen LogP contribution in [-0.4, -0.2) is 20.2 Å². The quantitative estimate of drug-likeness (QED) is 0.912. The Kier molecular flexibility index (Phi) is 4.22. The summed E-state index contributed by atoms with van der Waals surface area (Å²) in [4.78, 5) is 0. The summed E-state index contributed by atoms with van der Waals surface area (Å²) < 4.78 is 5.47. The van der Waals surface area contributed by atoms with Gasteiger partial charge in [-0.25, -0.2) is 0 Å². The molecule has 1 aliphatic rings. The summed E-state index contributed by atoms with van der Waals surface area (Å²) in [7, 11) is 1.75. The number of hydrogen-bond donors (Lipinski definition) is 1. The van der Waals surface area contributed by atoms with E-state index in [0.29, 0.717) is 0 Å². The summed E-state index contributed by atoms with van der Waals surface area (Å²) in [5.74, 6) is 1.86. The Hall–Kier alpha value is -1.54. The lowest BCUT2D eigenvalue weighted by Gasteiger charge is -2.22. The lowest BCUT2D eigenvalue weighted by atomic mass is 9.90. The van der Waals surface area contributed by atoms with Crippen molar-refractivity contribution in [3.05, 3.63) is 42.0 Å². The van der Waals surface area contributed by atoms with Crippen molar-refractivity contribution in [3.63, 3.8) is 0 Å². The molecule has 1 heterocycles. The molecule has 1 N–H and O–H groups in total. The zero-order chi connectivity index (χ0) is 13.8. The molecular formula is C18H23NO. The molecule has 0 spiro atoms. The van der Waals surface area contributed by atoms with E-state index in [2.05, 4.69) is 41.7 Å². The van der Waals surface area contributed by atoms with Crippen LogP contribution in [0.15, 0.2) is 36.4 Å². The Morgan fingerprint density at radius 1 is 1.05 bits per heavy atom. The molecule has 2 aromatic carbocycles. The Morgan fingerprint density at radius 2 is 1.80 bits per heavy atom. The van der Waals surface area contributed by atoms with E-state index in [1.165, 1.54) is 55.1 Å². The molecule has 2 nitrogen and oxygen atoms in total. The van der Waals surface area contributed by atoms with Crippen LogP contribution in [0, 0.1) is 5.92 Å². The number of benzene rings is 2. The predicted molar refractivity (Wildman–Crippen MR) is 84.4 cm³/mol. The van der Waals surface area contributed by atoms with Crippen LogP contribution in [0.2, 0.25) is 0 Å². The zero-order valence-corrected chi connectivity index (χ0v) is 12.2. The van der Waals surface area contributed by atoms with Crippen LogP contribution in [0.5, 0.6) is 5.75 Å². The molecule has 0 radical (unpaired) electrons. The molecule has 0 aromatic heterocycles. The van der Waals surface area contributed by atoms with Crippen molar-refractivity contribution < 1.29 is 4.74 Å². The second-order valence-electron chi connectivity index (χ2n) is 5.70. The average molecular weight is 269 g/mol. The van der Waals surface area contributed by atoms with E-state index in [1.54, 1.807) is 7.11 Å². The van der Waals surface area contributed by atoms with Crippen molar-refractivity contribution in [2.24, 2.45) is 5.92 Å². The second kappa shape index (κ2) is 6.27. The van der Waals surface area contributed by atoms with Crippen molar-refractivity contribution in [2.75, 3.05) is 20.2 Å². The van der Waals surface area contributed by atoms with Crippen LogP contribution in [0.1, 0.15) is 24.8 Å². The molecule has 20 heavy (non-hydrogen) atoms. The first-order chi connectivity index (χ1) is 9.88. The van der Waals surface area contributed by atoms with Gasteiger partial charge in [0.2, 0.25) is 0 Å². The van der Waals surface area contributed by atoms with Gasteiger partial charge in [0.25, 0.3) is 0 Å². The van der Waals surface area contributed by atoms with Gasteiger partial charge in [-0.2, -0.15) is 0 Å². The molecule has 0 saturated carbocycles. The van der Waals surface area contributed by atoms with E-state index < -0.39 is 0 Å². The average Bonchev–Trinajstić information content (AvgIpc) is 2.53. The first kappa shape index (κ1) is 13.4. The molecule has 0 amide bonds. The summed E-state index contributed by atoms with van der Waals surface area (Å²) in [5, 5.41) is 6.02. The highest BCUT2D eigenvalue weighted by atomic mass is 16.5. The van der Waals surface area contributed by atoms with Crippen molar-refractivity contribution in [1.29, 1.82) is 0 Å². The zero-order valence-electron chi connectivity index (χ0n) is 12.2. The normalized spacial score (nSPS) is 16.4. The van der Waals surface area contributed by atoms with Gasteiger partial charge in [0.05, 0.1) is 7.11 Å². The highest BCUT2D eigenvalue weighted by Gasteiger charge is 2.14. The van der Waals surface area contributed by atoms with Crippen molar-refractivity contribution >= 4 is 10.8 Å². The monoisotopic (exact) mass is 269 g/mol. The van der Waals surface area contributed by atoms with E-state index in [9.17, 15) is 0 Å². The van der Waals surface area contributed by atoms with E-state index in [4.69, 9.17) is 4.74 Å². The maximum Gasteiger partial charge on any atom is 0.126 e. The lowest BCUT2D eigenvalue weighted by Crippen LogP contribution is -2.27. The van der Waals surface area contributed by atoms with Crippen LogP contribution in [0.4, 0.5) is 0 Å². The molecule has 2 aromatic rings. The number of aryl methyl sites for hydroxylation is 1. The smallest absolute Gasteiger partial charge is 0.126 e. The minimum atomic E-state index is 0.886. The number of nitrogens with one attached hydrogen (secondary N) is 1. The Morgan fingerprint density at radius 3 is 2.55 bits per heavy atom. The molecule has 1 fully saturated rings. The summed E-state index contributed by atoms with van der Waals surface area (Å²) in [6.07, 6.45) is 5.13. The molecule has 1 aliphatic heterocycles. The third-order valence-corrected chi connectivity index (χ3v) is 4.47. The molecule has 0 atom stereocenters. The molecular weight excluding hydrogens is 246 g/mol. The molecule has 106 valence electrons. The topological polar surface area (TPSA) is 21.3 Å². The highest BCUT2D eigenvalue weighted by molar-refractivity contribution is 5.91. The van der Waals surface area contributed by atoms with Crippen LogP contribution in [-0.2, 0) is 6.42 Å². The second-order valence-corrected chi connectivity index (χ2v) is 5.70. The maximum absolute atomic E-state index is 5.47. The minimum Gasteiger partial charge on any atom is -0.496 e. The minimum absolute atomic E-state index is 0.886. The maximum atomic E-state index is 5.47. The van der Waals surface area contributed by atoms with Crippen LogP contribution >= 0.6 is 0 Å². The van der Waals surface area contributed by atoms with Gasteiger partial charge in [0.1, 0.15) is 5.75 Å². The van der Waals surface area contributed by atoms with Gasteiger partial charge in [0.15, 0.2) is 0 Å². The van der Waals surface area contributed by atoms with Crippen LogP contribution in [0.25, 0.3) is 10.8 Å². The first-order valence-corrected chi connectivity index (χ1v) is 7.64. The molecule has 1 saturated heterocycles. The summed E-state index contributed by atoms with van der Waals surface area (Å²) in [6.45, 7) is 2.38. The summed E-state index contributed by atoms with van der Waals surface area (Å²) >= 11 is 0. The fourth-order valence-corrected chi connectivity index (χ4v) is 3.26. The van der Waals surface area contributed by atoms with E-state index in [1.807, 2.05) is 0 Å². The van der Waals surface area contributed by atoms with Crippen molar-refractivity contribution in [2.45, 2.75) is 25.7 Å². The largest absolute Gasteiger partial charge is 0.496 e. The van der Waals surface area contributed by atoms with Gasteiger partial charge in [-0.3, -0.25) is 0 Å². The molecule has 0 bridgehead atoms. The van der Waals surface area contributed by atoms with Gasteiger partial charge in [0, 0.05) is 5.39 Å². The van der Waals surface area contributed by atoms with E-state index in [0.717, 1.165) is 11.7 Å². The molecule has 3 rings (SSSR count). The van der Waals surface area contributed by atoms with E-state index in [-0.39, 0.29) is 0 Å². The number of piperidine rings is 1. The SMILES string of the molecule is COc1ccc(CCC2CCNCC2)c2ccccc12. The third-order valence-electron chi connectivity index (χ3n) is 4.47. The number of fused-ring (bicyclic) bond motifs is 1. The van der Waals surface area contributed by atoms with Gasteiger partial charge in [-0.05, 0) is 61.7 Å². The highest BCUT2D eigenvalue weighted by Crippen LogP contribution is 2.30. The molecule has 2 heteroatoms. The molecule has 0 unspecified atom stereocenters. The van der Waals surface area contributed by atoms with Crippen LogP contribution < -0.4 is 10.1 Å². The van der Waals surface area contributed by atoms with Gasteiger partial charge < -0.3 is 10.1 Å². The lowest BCUT2D eigenvalue weighted by molar-refractivity contribution is 0.354. The summed E-state index contributed by atoms with van der Waals surface area (Å²) in [5.41, 5.74) is 1.46. The Bertz CT molecular complexity index is 573. The van der Waals surface area contributed by atoms with Crippen molar-refractivity contribution in [1.82, 2.24) is 5.32 Å². The number of methoxy groups -OCH3 is 1. The fraction of sp³-hybridized carbons (Fsp3) is 0.444.